The molecule has 1 amide bonds. The summed E-state index contributed by atoms with van der Waals surface area (Å²) in [4.78, 5) is 30.6. The molecular formula is C17H20N2O3. The van der Waals surface area contributed by atoms with E-state index in [0.717, 1.165) is 31.2 Å². The second-order valence-electron chi connectivity index (χ2n) is 5.87. The van der Waals surface area contributed by atoms with Crippen molar-refractivity contribution in [1.82, 2.24) is 9.88 Å². The average molecular weight is 300 g/mol. The van der Waals surface area contributed by atoms with Crippen LogP contribution in [0.25, 0.3) is 0 Å². The molecule has 0 spiro atoms. The maximum Gasteiger partial charge on any atom is 0.290 e. The van der Waals surface area contributed by atoms with Crippen molar-refractivity contribution in [2.45, 2.75) is 51.1 Å². The molecule has 5 nitrogen and oxygen atoms in total. The predicted octanol–water partition coefficient (Wildman–Crippen LogP) is 2.70. The summed E-state index contributed by atoms with van der Waals surface area (Å²) in [5, 5.41) is 10.3. The van der Waals surface area contributed by atoms with Gasteiger partial charge in [0.1, 0.15) is 0 Å². The highest BCUT2D eigenvalue weighted by atomic mass is 16.3. The van der Waals surface area contributed by atoms with Crippen LogP contribution < -0.4 is 0 Å². The van der Waals surface area contributed by atoms with E-state index in [-0.39, 0.29) is 29.6 Å². The molecule has 2 aliphatic rings. The van der Waals surface area contributed by atoms with Crippen LogP contribution in [0, 0.1) is 0 Å². The van der Waals surface area contributed by atoms with Crippen LogP contribution in [0.4, 0.5) is 0 Å². The van der Waals surface area contributed by atoms with E-state index < -0.39 is 11.9 Å². The zero-order chi connectivity index (χ0) is 15.7. The summed E-state index contributed by atoms with van der Waals surface area (Å²) in [7, 11) is 0. The Balaban J connectivity index is 2.07. The Morgan fingerprint density at radius 3 is 2.55 bits per heavy atom. The number of rotatable bonds is 4. The average Bonchev–Trinajstić information content (AvgIpc) is 3.15. The van der Waals surface area contributed by atoms with Crippen molar-refractivity contribution < 1.29 is 14.7 Å². The van der Waals surface area contributed by atoms with E-state index in [1.165, 1.54) is 0 Å². The maximum atomic E-state index is 12.6. The van der Waals surface area contributed by atoms with Crippen molar-refractivity contribution in [3.63, 3.8) is 0 Å². The van der Waals surface area contributed by atoms with Crippen LogP contribution in [-0.2, 0) is 9.59 Å². The largest absolute Gasteiger partial charge is 0.503 e. The van der Waals surface area contributed by atoms with Crippen LogP contribution in [0.5, 0.6) is 0 Å². The summed E-state index contributed by atoms with van der Waals surface area (Å²) < 4.78 is 0. The van der Waals surface area contributed by atoms with E-state index in [1.807, 2.05) is 0 Å². The van der Waals surface area contributed by atoms with Crippen LogP contribution in [-0.4, -0.2) is 32.7 Å². The minimum Gasteiger partial charge on any atom is -0.503 e. The number of Topliss-reactive ketones (excluding diaryl/α,β-unsaturated/α-hetero) is 1. The van der Waals surface area contributed by atoms with Gasteiger partial charge in [-0.1, -0.05) is 19.8 Å². The molecule has 3 rings (SSSR count). The van der Waals surface area contributed by atoms with Crippen molar-refractivity contribution in [3.05, 3.63) is 41.4 Å². The van der Waals surface area contributed by atoms with Crippen molar-refractivity contribution in [2.75, 3.05) is 0 Å². The van der Waals surface area contributed by atoms with Gasteiger partial charge < -0.3 is 10.0 Å². The zero-order valence-corrected chi connectivity index (χ0v) is 12.7. The van der Waals surface area contributed by atoms with E-state index in [4.69, 9.17) is 0 Å². The molecule has 1 unspecified atom stereocenters. The van der Waals surface area contributed by atoms with Gasteiger partial charge in [-0.05, 0) is 30.5 Å². The number of amides is 1. The molecule has 2 heterocycles. The summed E-state index contributed by atoms with van der Waals surface area (Å²) in [5.74, 6) is -0.959. The van der Waals surface area contributed by atoms with Crippen molar-refractivity contribution in [3.8, 4) is 0 Å². The van der Waals surface area contributed by atoms with Crippen LogP contribution in [0.3, 0.4) is 0 Å². The molecule has 1 aromatic heterocycles. The van der Waals surface area contributed by atoms with E-state index >= 15 is 0 Å². The van der Waals surface area contributed by atoms with E-state index in [1.54, 1.807) is 36.4 Å². The summed E-state index contributed by atoms with van der Waals surface area (Å²) in [6.45, 7) is 1.74. The molecule has 0 bridgehead atoms. The first-order valence-corrected chi connectivity index (χ1v) is 7.84. The molecule has 1 aromatic rings. The molecule has 116 valence electrons. The number of pyridine rings is 1. The van der Waals surface area contributed by atoms with Crippen LogP contribution >= 0.6 is 0 Å². The molecule has 5 heteroatoms. The number of ketones is 1. The Morgan fingerprint density at radius 2 is 1.95 bits per heavy atom. The first-order chi connectivity index (χ1) is 10.6. The smallest absolute Gasteiger partial charge is 0.290 e. The summed E-state index contributed by atoms with van der Waals surface area (Å²) >= 11 is 0. The maximum absolute atomic E-state index is 12.6. The summed E-state index contributed by atoms with van der Waals surface area (Å²) in [6.07, 6.45) is 7.58. The first-order valence-electron chi connectivity index (χ1n) is 7.84. The van der Waals surface area contributed by atoms with Gasteiger partial charge in [0.15, 0.2) is 11.5 Å². The molecule has 1 fully saturated rings. The molecule has 1 aliphatic heterocycles. The Labute approximate surface area is 129 Å². The number of hydrogen-bond acceptors (Lipinski definition) is 4. The topological polar surface area (TPSA) is 70.5 Å². The number of aromatic nitrogens is 1. The second kappa shape index (κ2) is 5.91. The normalized spacial score (nSPS) is 22.7. The number of hydrogen-bond donors (Lipinski definition) is 1. The standard InChI is InChI=1S/C17H20N2O3/c1-2-13(20)14-15(11-7-9-18-10-8-11)19(17(22)16(14)21)12-5-3-4-6-12/h7-10,12,15,21H,2-6H2,1H3. The third-order valence-electron chi connectivity index (χ3n) is 4.61. The van der Waals surface area contributed by atoms with Gasteiger partial charge in [-0.25, -0.2) is 0 Å². The lowest BCUT2D eigenvalue weighted by Gasteiger charge is -2.32. The second-order valence-corrected chi connectivity index (χ2v) is 5.87. The number of aliphatic hydroxyl groups is 1. The van der Waals surface area contributed by atoms with E-state index in [9.17, 15) is 14.7 Å². The van der Waals surface area contributed by atoms with Gasteiger partial charge >= 0.3 is 0 Å². The molecule has 1 saturated carbocycles. The minimum atomic E-state index is -0.481. The van der Waals surface area contributed by atoms with Crippen LogP contribution in [0.2, 0.25) is 0 Å². The fraction of sp³-hybridized carbons (Fsp3) is 0.471. The Hall–Kier alpha value is -2.17. The van der Waals surface area contributed by atoms with E-state index in [0.29, 0.717) is 0 Å². The fourth-order valence-electron chi connectivity index (χ4n) is 3.53. The van der Waals surface area contributed by atoms with Gasteiger partial charge in [0.2, 0.25) is 0 Å². The quantitative estimate of drug-likeness (QED) is 0.928. The van der Waals surface area contributed by atoms with Crippen molar-refractivity contribution in [1.29, 1.82) is 0 Å². The number of carbonyl (C=O) groups excluding carboxylic acids is 2. The molecule has 22 heavy (non-hydrogen) atoms. The van der Waals surface area contributed by atoms with Crippen molar-refractivity contribution >= 4 is 11.7 Å². The van der Waals surface area contributed by atoms with Crippen molar-refractivity contribution in [2.24, 2.45) is 0 Å². The third-order valence-corrected chi connectivity index (χ3v) is 4.61. The van der Waals surface area contributed by atoms with Gasteiger partial charge in [-0.15, -0.1) is 0 Å². The van der Waals surface area contributed by atoms with Gasteiger partial charge in [-0.3, -0.25) is 14.6 Å². The molecule has 1 atom stereocenters. The van der Waals surface area contributed by atoms with Gasteiger partial charge in [0.25, 0.3) is 5.91 Å². The monoisotopic (exact) mass is 300 g/mol. The fourth-order valence-corrected chi connectivity index (χ4v) is 3.53. The van der Waals surface area contributed by atoms with Gasteiger partial charge in [0, 0.05) is 24.9 Å². The van der Waals surface area contributed by atoms with Crippen LogP contribution in [0.15, 0.2) is 35.9 Å². The molecular weight excluding hydrogens is 280 g/mol. The van der Waals surface area contributed by atoms with E-state index in [2.05, 4.69) is 4.98 Å². The number of nitrogens with zero attached hydrogens (tertiary/aromatic N) is 2. The highest BCUT2D eigenvalue weighted by Gasteiger charge is 2.46. The predicted molar refractivity (Wildman–Crippen MR) is 81.0 cm³/mol. The molecule has 0 radical (unpaired) electrons. The Kier molecular flexibility index (Phi) is 3.96. The lowest BCUT2D eigenvalue weighted by Crippen LogP contribution is -2.38. The molecule has 0 aromatic carbocycles. The SMILES string of the molecule is CCC(=O)C1=C(O)C(=O)N(C2CCCC2)C1c1ccncc1. The van der Waals surface area contributed by atoms with Gasteiger partial charge in [-0.2, -0.15) is 0 Å². The number of aliphatic hydroxyl groups excluding tert-OH is 1. The summed E-state index contributed by atoms with van der Waals surface area (Å²) in [6, 6.07) is 3.23. The minimum absolute atomic E-state index is 0.0926. The Bertz CT molecular complexity index is 618. The zero-order valence-electron chi connectivity index (χ0n) is 12.7. The number of carbonyl (C=O) groups is 2. The highest BCUT2D eigenvalue weighted by molar-refractivity contribution is 6.08. The lowest BCUT2D eigenvalue weighted by molar-refractivity contribution is -0.131. The highest BCUT2D eigenvalue weighted by Crippen LogP contribution is 2.42. The molecule has 0 saturated heterocycles. The first kappa shape index (κ1) is 14.8. The Morgan fingerprint density at radius 1 is 1.32 bits per heavy atom. The third kappa shape index (κ3) is 2.30. The summed E-state index contributed by atoms with van der Waals surface area (Å²) in [5.41, 5.74) is 1.07. The van der Waals surface area contributed by atoms with Gasteiger partial charge in [0.05, 0.1) is 11.6 Å². The van der Waals surface area contributed by atoms with Crippen LogP contribution in [0.1, 0.15) is 50.6 Å². The molecule has 1 aliphatic carbocycles. The molecule has 1 N–H and O–H groups in total. The lowest BCUT2D eigenvalue weighted by atomic mass is 9.95.